The van der Waals surface area contributed by atoms with Crippen molar-refractivity contribution in [3.8, 4) is 16.9 Å². The molecule has 1 aliphatic heterocycles. The molecule has 4 nitrogen and oxygen atoms in total. The number of piperazine rings is 1. The maximum Gasteiger partial charge on any atom is 0.255 e. The van der Waals surface area contributed by atoms with E-state index in [2.05, 4.69) is 4.90 Å². The lowest BCUT2D eigenvalue weighted by molar-refractivity contribution is 0.0746. The number of benzene rings is 3. The molecule has 1 fully saturated rings. The molecular weight excluding hydrogens is 449 g/mol. The van der Waals surface area contributed by atoms with Crippen LogP contribution in [-0.4, -0.2) is 41.6 Å². The third-order valence-electron chi connectivity index (χ3n) is 6.38. The summed E-state index contributed by atoms with van der Waals surface area (Å²) < 4.78 is 16.7. The van der Waals surface area contributed by atoms with E-state index in [1.807, 2.05) is 83.1 Å². The molecule has 0 bridgehead atoms. The Morgan fingerprint density at radius 2 is 1.56 bits per heavy atom. The number of rotatable bonds is 4. The van der Waals surface area contributed by atoms with Crippen LogP contribution in [0.3, 0.4) is 0 Å². The van der Waals surface area contributed by atoms with Crippen molar-refractivity contribution in [2.45, 2.75) is 6.92 Å². The smallest absolute Gasteiger partial charge is 0.255 e. The van der Waals surface area contributed by atoms with Crippen LogP contribution in [0.5, 0.6) is 0 Å². The molecule has 5 rings (SSSR count). The Morgan fingerprint density at radius 3 is 2.26 bits per heavy atom. The maximum atomic E-state index is 14.8. The number of hydrogen-bond donors (Lipinski definition) is 0. The van der Waals surface area contributed by atoms with Crippen LogP contribution in [0.4, 0.5) is 10.1 Å². The third-order valence-corrected chi connectivity index (χ3v) is 6.62. The fourth-order valence-electron chi connectivity index (χ4n) is 4.60. The summed E-state index contributed by atoms with van der Waals surface area (Å²) in [5.74, 6) is -0.358. The molecule has 3 aromatic carbocycles. The summed E-state index contributed by atoms with van der Waals surface area (Å²) in [5.41, 5.74) is 4.55. The fraction of sp³-hybridized carbons (Fsp3) is 0.179. The van der Waals surface area contributed by atoms with Gasteiger partial charge in [0.2, 0.25) is 0 Å². The number of carbonyl (C=O) groups is 1. The summed E-state index contributed by atoms with van der Waals surface area (Å²) in [6.45, 7) is 4.55. The molecule has 0 N–H and O–H groups in total. The van der Waals surface area contributed by atoms with E-state index in [0.717, 1.165) is 35.7 Å². The Hall–Kier alpha value is -3.57. The van der Waals surface area contributed by atoms with E-state index in [0.29, 0.717) is 29.4 Å². The Labute approximate surface area is 203 Å². The van der Waals surface area contributed by atoms with Crippen LogP contribution in [-0.2, 0) is 0 Å². The Balaban J connectivity index is 1.46. The van der Waals surface area contributed by atoms with Crippen molar-refractivity contribution in [3.63, 3.8) is 0 Å². The van der Waals surface area contributed by atoms with Gasteiger partial charge in [0.1, 0.15) is 5.82 Å². The zero-order valence-corrected chi connectivity index (χ0v) is 19.7. The minimum absolute atomic E-state index is 0.0319. The van der Waals surface area contributed by atoms with Gasteiger partial charge in [-0.2, -0.15) is 0 Å². The molecule has 172 valence electrons. The second-order valence-electron chi connectivity index (χ2n) is 8.44. The van der Waals surface area contributed by atoms with Gasteiger partial charge in [-0.1, -0.05) is 60.1 Å². The van der Waals surface area contributed by atoms with Crippen molar-refractivity contribution in [2.24, 2.45) is 0 Å². The number of amides is 1. The van der Waals surface area contributed by atoms with Crippen molar-refractivity contribution < 1.29 is 9.18 Å². The highest BCUT2D eigenvalue weighted by Gasteiger charge is 2.27. The fourth-order valence-corrected chi connectivity index (χ4v) is 4.78. The number of halogens is 2. The molecule has 0 unspecified atom stereocenters. The first-order chi connectivity index (χ1) is 16.5. The lowest BCUT2D eigenvalue weighted by atomic mass is 10.1. The predicted molar refractivity (Wildman–Crippen MR) is 135 cm³/mol. The van der Waals surface area contributed by atoms with Crippen molar-refractivity contribution in [2.75, 3.05) is 31.1 Å². The highest BCUT2D eigenvalue weighted by atomic mass is 35.5. The van der Waals surface area contributed by atoms with Crippen LogP contribution in [0.2, 0.25) is 5.02 Å². The molecule has 0 atom stereocenters. The van der Waals surface area contributed by atoms with Crippen LogP contribution >= 0.6 is 11.6 Å². The molecule has 4 aromatic rings. The van der Waals surface area contributed by atoms with Gasteiger partial charge in [0.25, 0.3) is 5.91 Å². The van der Waals surface area contributed by atoms with Gasteiger partial charge in [0, 0.05) is 42.6 Å². The number of anilines is 1. The molecule has 6 heteroatoms. The Morgan fingerprint density at radius 1 is 0.853 bits per heavy atom. The Bertz CT molecular complexity index is 1330. The van der Waals surface area contributed by atoms with Crippen molar-refractivity contribution >= 4 is 23.2 Å². The van der Waals surface area contributed by atoms with Crippen molar-refractivity contribution in [1.29, 1.82) is 0 Å². The molecule has 1 aromatic heterocycles. The Kier molecular flexibility index (Phi) is 6.12. The predicted octanol–water partition coefficient (Wildman–Crippen LogP) is 6.21. The third kappa shape index (κ3) is 4.19. The summed E-state index contributed by atoms with van der Waals surface area (Å²) in [7, 11) is 0. The van der Waals surface area contributed by atoms with E-state index in [1.54, 1.807) is 12.1 Å². The first kappa shape index (κ1) is 22.2. The SMILES string of the molecule is Cc1c(C(=O)N2CCN(c3cccc(Cl)c3)CC2)cc(-c2ccccc2)n1-c1ccccc1F. The van der Waals surface area contributed by atoms with Gasteiger partial charge in [-0.25, -0.2) is 4.39 Å². The lowest BCUT2D eigenvalue weighted by Crippen LogP contribution is -2.48. The quantitative estimate of drug-likeness (QED) is 0.352. The number of nitrogens with zero attached hydrogens (tertiary/aromatic N) is 3. The molecule has 1 aliphatic rings. The number of carbonyl (C=O) groups excluding carboxylic acids is 1. The van der Waals surface area contributed by atoms with Crippen LogP contribution in [0.15, 0.2) is 84.9 Å². The largest absolute Gasteiger partial charge is 0.368 e. The summed E-state index contributed by atoms with van der Waals surface area (Å²) in [6, 6.07) is 26.1. The number of para-hydroxylation sites is 1. The van der Waals surface area contributed by atoms with Crippen LogP contribution in [0.25, 0.3) is 16.9 Å². The van der Waals surface area contributed by atoms with Gasteiger partial charge in [-0.05, 0) is 48.9 Å². The second kappa shape index (κ2) is 9.35. The molecule has 0 saturated carbocycles. The highest BCUT2D eigenvalue weighted by molar-refractivity contribution is 6.30. The normalized spacial score (nSPS) is 13.9. The van der Waals surface area contributed by atoms with E-state index in [9.17, 15) is 9.18 Å². The molecule has 0 spiro atoms. The molecule has 1 saturated heterocycles. The first-order valence-electron chi connectivity index (χ1n) is 11.4. The molecular formula is C28H25ClFN3O. The van der Waals surface area contributed by atoms with Crippen molar-refractivity contribution in [1.82, 2.24) is 9.47 Å². The topological polar surface area (TPSA) is 28.5 Å². The van der Waals surface area contributed by atoms with E-state index >= 15 is 0 Å². The average Bonchev–Trinajstić information content (AvgIpc) is 3.21. The molecule has 2 heterocycles. The second-order valence-corrected chi connectivity index (χ2v) is 8.88. The first-order valence-corrected chi connectivity index (χ1v) is 11.7. The van der Waals surface area contributed by atoms with E-state index in [4.69, 9.17) is 11.6 Å². The monoisotopic (exact) mass is 473 g/mol. The minimum atomic E-state index is -0.326. The van der Waals surface area contributed by atoms with Crippen LogP contribution in [0, 0.1) is 12.7 Å². The average molecular weight is 474 g/mol. The molecule has 34 heavy (non-hydrogen) atoms. The van der Waals surface area contributed by atoms with Crippen LogP contribution in [0.1, 0.15) is 16.1 Å². The van der Waals surface area contributed by atoms with Gasteiger partial charge < -0.3 is 14.4 Å². The van der Waals surface area contributed by atoms with Gasteiger partial charge in [0.15, 0.2) is 0 Å². The lowest BCUT2D eigenvalue weighted by Gasteiger charge is -2.36. The highest BCUT2D eigenvalue weighted by Crippen LogP contribution is 2.31. The van der Waals surface area contributed by atoms with E-state index < -0.39 is 0 Å². The van der Waals surface area contributed by atoms with Crippen molar-refractivity contribution in [3.05, 3.63) is 107 Å². The molecule has 0 radical (unpaired) electrons. The minimum Gasteiger partial charge on any atom is -0.368 e. The summed E-state index contributed by atoms with van der Waals surface area (Å²) in [5, 5.41) is 0.703. The van der Waals surface area contributed by atoms with Gasteiger partial charge >= 0.3 is 0 Å². The van der Waals surface area contributed by atoms with E-state index in [1.165, 1.54) is 6.07 Å². The summed E-state index contributed by atoms with van der Waals surface area (Å²) in [6.07, 6.45) is 0. The number of aromatic nitrogens is 1. The van der Waals surface area contributed by atoms with Gasteiger partial charge in [0.05, 0.1) is 16.9 Å². The van der Waals surface area contributed by atoms with Gasteiger partial charge in [-0.3, -0.25) is 4.79 Å². The van der Waals surface area contributed by atoms with E-state index in [-0.39, 0.29) is 11.7 Å². The maximum absolute atomic E-state index is 14.8. The summed E-state index contributed by atoms with van der Waals surface area (Å²) in [4.78, 5) is 17.7. The zero-order valence-electron chi connectivity index (χ0n) is 18.9. The van der Waals surface area contributed by atoms with Crippen LogP contribution < -0.4 is 4.90 Å². The standard InChI is InChI=1S/C28H25ClFN3O/c1-20-24(28(34)32-16-14-31(15-17-32)23-11-7-10-22(29)18-23)19-27(21-8-3-2-4-9-21)33(20)26-13-6-5-12-25(26)30/h2-13,18-19H,14-17H2,1H3. The molecule has 1 amide bonds. The zero-order chi connectivity index (χ0) is 23.7. The molecule has 0 aliphatic carbocycles. The van der Waals surface area contributed by atoms with Gasteiger partial charge in [-0.15, -0.1) is 0 Å². The number of hydrogen-bond acceptors (Lipinski definition) is 2. The summed E-state index contributed by atoms with van der Waals surface area (Å²) >= 11 is 6.15.